The molecule has 4 fully saturated rings. The van der Waals surface area contributed by atoms with Crippen molar-refractivity contribution in [2.24, 2.45) is 0 Å². The first-order valence-corrected chi connectivity index (χ1v) is 19.6. The van der Waals surface area contributed by atoms with Crippen molar-refractivity contribution in [3.05, 3.63) is 23.0 Å². The van der Waals surface area contributed by atoms with Crippen LogP contribution in [-0.4, -0.2) is 161 Å². The Labute approximate surface area is 322 Å². The third-order valence-corrected chi connectivity index (χ3v) is 12.3. The number of urea groups is 2. The van der Waals surface area contributed by atoms with E-state index in [1.165, 1.54) is 0 Å². The highest BCUT2D eigenvalue weighted by molar-refractivity contribution is 8.00. The van der Waals surface area contributed by atoms with Gasteiger partial charge in [0.2, 0.25) is 11.5 Å². The lowest BCUT2D eigenvalue weighted by atomic mass is 10.0. The molecule has 23 heteroatoms. The molecule has 308 valence electrons. The van der Waals surface area contributed by atoms with Gasteiger partial charge in [-0.15, -0.1) is 0 Å². The normalized spacial score (nSPS) is 29.9. The summed E-state index contributed by atoms with van der Waals surface area (Å²) >= 11 is 3.68. The zero-order valence-electron chi connectivity index (χ0n) is 29.3. The molecule has 0 spiro atoms. The molecule has 4 saturated heterocycles. The van der Waals surface area contributed by atoms with E-state index in [1.807, 2.05) is 23.5 Å². The molecule has 0 aromatic rings. The topological polar surface area (TPSA) is 340 Å². The van der Waals surface area contributed by atoms with Crippen LogP contribution < -0.4 is 21.3 Å². The highest BCUT2D eigenvalue weighted by Gasteiger charge is 2.44. The summed E-state index contributed by atoms with van der Waals surface area (Å²) in [6, 6.07) is 0.624. The van der Waals surface area contributed by atoms with Gasteiger partial charge in [0.25, 0.3) is 0 Å². The van der Waals surface area contributed by atoms with E-state index in [0.717, 1.165) is 43.6 Å². The molecule has 6 heterocycles. The number of carboxylic acids is 1. The Kier molecular flexibility index (Phi) is 15.8. The van der Waals surface area contributed by atoms with Gasteiger partial charge in [-0.25, -0.2) is 19.2 Å². The molecule has 0 saturated carbocycles. The average molecular weight is 823 g/mol. The zero-order valence-corrected chi connectivity index (χ0v) is 31.0. The predicted molar refractivity (Wildman–Crippen MR) is 190 cm³/mol. The maximum absolute atomic E-state index is 11.8. The van der Waals surface area contributed by atoms with Gasteiger partial charge < -0.3 is 76.3 Å². The first kappa shape index (κ1) is 43.4. The fourth-order valence-corrected chi connectivity index (χ4v) is 9.50. The number of aliphatic hydroxyl groups is 7. The van der Waals surface area contributed by atoms with Crippen molar-refractivity contribution in [2.45, 2.75) is 110 Å². The number of hydrogen-bond acceptors (Lipinski definition) is 18. The fraction of sp³-hybridized carbons (Fsp3) is 0.688. The molecule has 4 amide bonds. The van der Waals surface area contributed by atoms with E-state index in [2.05, 4.69) is 30.7 Å². The van der Waals surface area contributed by atoms with E-state index in [4.69, 9.17) is 30.3 Å². The number of ether oxygens (including phenoxy) is 3. The van der Waals surface area contributed by atoms with E-state index in [-0.39, 0.29) is 49.1 Å². The number of fused-ring (bicyclic) bond motifs is 2. The van der Waals surface area contributed by atoms with Crippen LogP contribution in [-0.2, 0) is 33.4 Å². The molecule has 6 aliphatic rings. The van der Waals surface area contributed by atoms with Crippen molar-refractivity contribution in [1.29, 1.82) is 0 Å². The van der Waals surface area contributed by atoms with Crippen LogP contribution in [0.4, 0.5) is 9.59 Å². The molecule has 0 aromatic heterocycles. The second-order valence-corrected chi connectivity index (χ2v) is 15.8. The van der Waals surface area contributed by atoms with Crippen molar-refractivity contribution in [2.75, 3.05) is 24.7 Å². The van der Waals surface area contributed by atoms with Crippen LogP contribution in [0.1, 0.15) is 51.4 Å². The van der Waals surface area contributed by atoms with E-state index in [0.29, 0.717) is 16.9 Å². The summed E-state index contributed by atoms with van der Waals surface area (Å²) in [5.74, 6) is -5.03. The first-order chi connectivity index (χ1) is 26.1. The van der Waals surface area contributed by atoms with Crippen LogP contribution in [0.2, 0.25) is 0 Å². The number of esters is 3. The molecule has 0 aromatic carbocycles. The minimum atomic E-state index is -1.46. The van der Waals surface area contributed by atoms with Crippen molar-refractivity contribution in [3.63, 3.8) is 0 Å². The number of nitrogens with one attached hydrogen (secondary N) is 4. The van der Waals surface area contributed by atoms with Crippen molar-refractivity contribution >= 4 is 59.5 Å². The van der Waals surface area contributed by atoms with Gasteiger partial charge >= 0.3 is 35.9 Å². The average Bonchev–Trinajstić information content (AvgIpc) is 3.99. The van der Waals surface area contributed by atoms with E-state index in [9.17, 15) is 44.1 Å². The van der Waals surface area contributed by atoms with Crippen LogP contribution in [0, 0.1) is 0 Å². The van der Waals surface area contributed by atoms with Gasteiger partial charge in [-0.05, 0) is 25.7 Å². The fourth-order valence-electron chi connectivity index (χ4n) is 6.41. The number of aliphatic carboxylic acids is 1. The Bertz CT molecular complexity index is 1510. The second-order valence-electron chi connectivity index (χ2n) is 13.2. The summed E-state index contributed by atoms with van der Waals surface area (Å²) in [5, 5.41) is 84.4. The van der Waals surface area contributed by atoms with Crippen molar-refractivity contribution in [3.8, 4) is 0 Å². The van der Waals surface area contributed by atoms with Gasteiger partial charge in [0, 0.05) is 34.8 Å². The van der Waals surface area contributed by atoms with Gasteiger partial charge in [0.05, 0.1) is 30.8 Å². The lowest BCUT2D eigenvalue weighted by Crippen LogP contribution is -2.36. The van der Waals surface area contributed by atoms with E-state index >= 15 is 0 Å². The van der Waals surface area contributed by atoms with Gasteiger partial charge in [0.1, 0.15) is 18.8 Å². The Morgan fingerprint density at radius 2 is 1.16 bits per heavy atom. The molecule has 6 rings (SSSR count). The summed E-state index contributed by atoms with van der Waals surface area (Å²) in [7, 11) is 0. The van der Waals surface area contributed by atoms with Crippen LogP contribution >= 0.6 is 23.5 Å². The van der Waals surface area contributed by atoms with Gasteiger partial charge in [-0.2, -0.15) is 23.5 Å². The maximum atomic E-state index is 11.8. The zero-order chi connectivity index (χ0) is 40.4. The monoisotopic (exact) mass is 822 g/mol. The molecular formula is C32H46N4O17S2. The number of cyclic esters (lactones) is 2. The quantitative estimate of drug-likeness (QED) is 0.0419. The van der Waals surface area contributed by atoms with Gasteiger partial charge in [-0.1, -0.05) is 12.8 Å². The van der Waals surface area contributed by atoms with Gasteiger partial charge in [0.15, 0.2) is 23.7 Å². The lowest BCUT2D eigenvalue weighted by molar-refractivity contribution is -0.154. The molecule has 0 radical (unpaired) electrons. The summed E-state index contributed by atoms with van der Waals surface area (Å²) in [6.45, 7) is -1.14. The summed E-state index contributed by atoms with van der Waals surface area (Å²) in [4.78, 5) is 66.1. The van der Waals surface area contributed by atoms with E-state index < -0.39 is 84.5 Å². The molecule has 12 N–H and O–H groups in total. The number of aliphatic hydroxyl groups excluding tert-OH is 7. The highest BCUT2D eigenvalue weighted by Crippen LogP contribution is 2.34. The minimum absolute atomic E-state index is 0.0640. The smallest absolute Gasteiger partial charge is 0.377 e. The largest absolute Gasteiger partial charge is 0.505 e. The third kappa shape index (κ3) is 11.6. The van der Waals surface area contributed by atoms with Crippen LogP contribution in [0.3, 0.4) is 0 Å². The first-order valence-electron chi connectivity index (χ1n) is 17.5. The number of carbonyl (C=O) groups is 6. The lowest BCUT2D eigenvalue weighted by Gasteiger charge is -2.17. The molecule has 55 heavy (non-hydrogen) atoms. The summed E-state index contributed by atoms with van der Waals surface area (Å²) < 4.78 is 13.8. The highest BCUT2D eigenvalue weighted by atomic mass is 32.2. The van der Waals surface area contributed by atoms with E-state index in [1.54, 1.807) is 0 Å². The summed E-state index contributed by atoms with van der Waals surface area (Å²) in [6.07, 6.45) is -0.353. The number of hydrogen-bond donors (Lipinski definition) is 12. The SMILES string of the molecule is O=C(O)CCCCC1SC[C@@H]2NC(=O)N[C@H]12.O=C1N[C@H]2CSC(CCCCC(=O)OC[C@@H](O)[C@H]3OC(=O)C(O)=C3O)[C@H]2N1.O=C1O[C@H]([C@H](O)CO)C(O)=C1O. The predicted octanol–water partition coefficient (Wildman–Crippen LogP) is -0.741. The van der Waals surface area contributed by atoms with Crippen LogP contribution in [0.25, 0.3) is 0 Å². The maximum Gasteiger partial charge on any atom is 0.377 e. The number of rotatable bonds is 15. The van der Waals surface area contributed by atoms with Crippen LogP contribution in [0.15, 0.2) is 23.0 Å². The molecular weight excluding hydrogens is 776 g/mol. The van der Waals surface area contributed by atoms with Gasteiger partial charge in [-0.3, -0.25) is 9.59 Å². The Hall–Kier alpha value is -4.32. The Morgan fingerprint density at radius 3 is 1.58 bits per heavy atom. The third-order valence-electron chi connectivity index (χ3n) is 9.31. The second kappa shape index (κ2) is 20.0. The van der Waals surface area contributed by atoms with Crippen molar-refractivity contribution < 1.29 is 83.8 Å². The van der Waals surface area contributed by atoms with Crippen molar-refractivity contribution in [1.82, 2.24) is 21.3 Å². The number of thioether (sulfide) groups is 2. The molecule has 2 unspecified atom stereocenters. The van der Waals surface area contributed by atoms with Crippen LogP contribution in [0.5, 0.6) is 0 Å². The number of amides is 4. The molecule has 21 nitrogen and oxygen atoms in total. The Morgan fingerprint density at radius 1 is 0.709 bits per heavy atom. The molecule has 0 bridgehead atoms. The standard InChI is InChI=1S/C16H22N2O8S.C10H16N2O3S.C6H8O6/c19-8(14-12(21)13(22)15(23)26-14)5-25-10(20)4-2-1-3-9-11-7(6-27-9)17-16(24)18-11;13-8(14)4-2-1-3-7-9-6(5-16-7)11-10(15)12-9;7-1-2(8)5-3(9)4(10)6(11)12-5/h7-9,11,14,19,21-22H,1-6H2,(H2,17,18,24);6-7,9H,1-5H2,(H,13,14)(H2,11,12,15);2,5,7-10H,1H2/t7-,8+,9?,11-,14+;6-,7?,9-;2-,5-/m001/s1. The molecule has 6 aliphatic heterocycles. The minimum Gasteiger partial charge on any atom is -0.505 e. The number of carboxylic acid groups (broad SMARTS) is 1. The molecule has 0 aliphatic carbocycles. The number of carbonyl (C=O) groups excluding carboxylic acids is 5. The summed E-state index contributed by atoms with van der Waals surface area (Å²) in [5.41, 5.74) is 0. The molecule has 10 atom stereocenters. The Balaban J connectivity index is 0.000000203. The number of unbranched alkanes of at least 4 members (excludes halogenated alkanes) is 2.